The smallest absolute Gasteiger partial charge is 0.309 e. The van der Waals surface area contributed by atoms with Gasteiger partial charge in [0.1, 0.15) is 0 Å². The molecular weight excluding hydrogens is 344 g/mol. The maximum Gasteiger partial charge on any atom is 0.309 e. The van der Waals surface area contributed by atoms with Gasteiger partial charge in [0, 0.05) is 0 Å². The molecule has 0 saturated carbocycles. The summed E-state index contributed by atoms with van der Waals surface area (Å²) in [5.74, 6) is -0.684. The van der Waals surface area contributed by atoms with Gasteiger partial charge in [-0.25, -0.2) is 0 Å². The average molecular weight is 389 g/mol. The van der Waals surface area contributed by atoms with Gasteiger partial charge in [0.15, 0.2) is 0 Å². The number of carboxylic acid groups (broad SMARTS) is 1. The molecule has 0 bridgehead atoms. The molecule has 0 saturated heterocycles. The summed E-state index contributed by atoms with van der Waals surface area (Å²) in [7, 11) is 0. The molecule has 2 nitrogen and oxygen atoms in total. The summed E-state index contributed by atoms with van der Waals surface area (Å²) in [5, 5.41) is 9.22. The van der Waals surface area contributed by atoms with Crippen molar-refractivity contribution in [2.24, 2.45) is 10.8 Å². The van der Waals surface area contributed by atoms with Crippen molar-refractivity contribution in [3.05, 3.63) is 34.9 Å². The molecule has 1 aromatic rings. The molecule has 0 aliphatic carbocycles. The first-order valence-electron chi connectivity index (χ1n) is 11.3. The largest absolute Gasteiger partial charge is 0.481 e. The average Bonchev–Trinajstić information content (AvgIpc) is 2.58. The molecule has 1 N–H and O–H groups in total. The number of hydrogen-bond acceptors (Lipinski definition) is 1. The molecule has 0 radical (unpaired) electrons. The lowest BCUT2D eigenvalue weighted by atomic mass is 9.86. The summed E-state index contributed by atoms with van der Waals surface area (Å²) in [6.45, 7) is 12.8. The zero-order valence-electron chi connectivity index (χ0n) is 19.4. The highest BCUT2D eigenvalue weighted by Crippen LogP contribution is 2.25. The van der Waals surface area contributed by atoms with Crippen LogP contribution in [0, 0.1) is 17.8 Å². The predicted octanol–water partition coefficient (Wildman–Crippen LogP) is 7.75. The highest BCUT2D eigenvalue weighted by Gasteiger charge is 2.25. The normalized spacial score (nSPS) is 12.4. The Kier molecular flexibility index (Phi) is 10.3. The van der Waals surface area contributed by atoms with Gasteiger partial charge in [0.2, 0.25) is 0 Å². The quantitative estimate of drug-likeness (QED) is 0.351. The van der Waals surface area contributed by atoms with E-state index >= 15 is 0 Å². The molecule has 0 heterocycles. The molecule has 0 aromatic heterocycles. The van der Waals surface area contributed by atoms with Gasteiger partial charge in [0.05, 0.1) is 5.41 Å². The van der Waals surface area contributed by atoms with Gasteiger partial charge in [-0.2, -0.15) is 0 Å². The SMILES string of the molecule is Cc1ccc(CCCCCCC(C)(C)C)c(CCCCCC(C)(C)C(=O)O)c1. The zero-order chi connectivity index (χ0) is 21.2. The molecule has 1 rings (SSSR count). The lowest BCUT2D eigenvalue weighted by Gasteiger charge is -2.18. The molecule has 0 unspecified atom stereocenters. The topological polar surface area (TPSA) is 37.3 Å². The summed E-state index contributed by atoms with van der Waals surface area (Å²) >= 11 is 0. The summed E-state index contributed by atoms with van der Waals surface area (Å²) in [6.07, 6.45) is 12.9. The van der Waals surface area contributed by atoms with Gasteiger partial charge >= 0.3 is 5.97 Å². The monoisotopic (exact) mass is 388 g/mol. The third kappa shape index (κ3) is 10.3. The van der Waals surface area contributed by atoms with Gasteiger partial charge in [-0.1, -0.05) is 76.6 Å². The Morgan fingerprint density at radius 1 is 0.786 bits per heavy atom. The fourth-order valence-electron chi connectivity index (χ4n) is 3.72. The van der Waals surface area contributed by atoms with Crippen molar-refractivity contribution in [3.63, 3.8) is 0 Å². The number of aryl methyl sites for hydroxylation is 3. The van der Waals surface area contributed by atoms with Gasteiger partial charge < -0.3 is 5.11 Å². The van der Waals surface area contributed by atoms with E-state index < -0.39 is 11.4 Å². The molecule has 0 fully saturated rings. The van der Waals surface area contributed by atoms with E-state index in [9.17, 15) is 9.90 Å². The van der Waals surface area contributed by atoms with E-state index in [1.807, 2.05) is 13.8 Å². The second-order valence-corrected chi connectivity index (χ2v) is 10.5. The number of carboxylic acids is 1. The Hall–Kier alpha value is -1.31. The van der Waals surface area contributed by atoms with E-state index in [4.69, 9.17) is 0 Å². The van der Waals surface area contributed by atoms with Crippen LogP contribution in [0.4, 0.5) is 0 Å². The molecule has 28 heavy (non-hydrogen) atoms. The van der Waals surface area contributed by atoms with E-state index in [0.717, 1.165) is 32.1 Å². The minimum absolute atomic E-state index is 0.462. The van der Waals surface area contributed by atoms with Crippen LogP contribution in [-0.2, 0) is 17.6 Å². The van der Waals surface area contributed by atoms with Crippen molar-refractivity contribution in [2.45, 2.75) is 112 Å². The van der Waals surface area contributed by atoms with Crippen LogP contribution < -0.4 is 0 Å². The van der Waals surface area contributed by atoms with Crippen molar-refractivity contribution in [3.8, 4) is 0 Å². The van der Waals surface area contributed by atoms with E-state index in [1.165, 1.54) is 55.2 Å². The highest BCUT2D eigenvalue weighted by atomic mass is 16.4. The summed E-state index contributed by atoms with van der Waals surface area (Å²) < 4.78 is 0. The molecule has 0 aliphatic heterocycles. The van der Waals surface area contributed by atoms with E-state index in [2.05, 4.69) is 45.9 Å². The van der Waals surface area contributed by atoms with Crippen LogP contribution in [0.3, 0.4) is 0 Å². The van der Waals surface area contributed by atoms with Crippen LogP contribution in [0.1, 0.15) is 109 Å². The molecule has 0 aliphatic rings. The molecule has 2 heteroatoms. The predicted molar refractivity (Wildman–Crippen MR) is 121 cm³/mol. The number of unbranched alkanes of at least 4 members (excludes halogenated alkanes) is 5. The Bertz CT molecular complexity index is 593. The molecular formula is C26H44O2. The van der Waals surface area contributed by atoms with Crippen molar-refractivity contribution in [1.82, 2.24) is 0 Å². The standard InChI is InChI=1S/C26H44O2/c1-21-16-17-22(14-10-7-8-12-18-25(2,3)4)23(20-21)15-11-9-13-19-26(5,6)24(27)28/h16-17,20H,7-15,18-19H2,1-6H3,(H,27,28). The second-order valence-electron chi connectivity index (χ2n) is 10.5. The van der Waals surface area contributed by atoms with E-state index in [0.29, 0.717) is 5.41 Å². The van der Waals surface area contributed by atoms with Gasteiger partial charge in [-0.15, -0.1) is 0 Å². The fraction of sp³-hybridized carbons (Fsp3) is 0.731. The van der Waals surface area contributed by atoms with E-state index in [1.54, 1.807) is 0 Å². The fourth-order valence-corrected chi connectivity index (χ4v) is 3.72. The van der Waals surface area contributed by atoms with Crippen LogP contribution in [0.25, 0.3) is 0 Å². The van der Waals surface area contributed by atoms with Crippen molar-refractivity contribution < 1.29 is 9.90 Å². The van der Waals surface area contributed by atoms with E-state index in [-0.39, 0.29) is 0 Å². The summed E-state index contributed by atoms with van der Waals surface area (Å²) in [4.78, 5) is 11.2. The minimum Gasteiger partial charge on any atom is -0.481 e. The first-order valence-corrected chi connectivity index (χ1v) is 11.3. The third-order valence-corrected chi connectivity index (χ3v) is 5.81. The summed E-state index contributed by atoms with van der Waals surface area (Å²) in [6, 6.07) is 6.93. The lowest BCUT2D eigenvalue weighted by Crippen LogP contribution is -2.23. The first kappa shape index (κ1) is 24.7. The number of benzene rings is 1. The second kappa shape index (κ2) is 11.6. The van der Waals surface area contributed by atoms with Crippen LogP contribution in [0.5, 0.6) is 0 Å². The molecule has 0 atom stereocenters. The van der Waals surface area contributed by atoms with Crippen molar-refractivity contribution in [2.75, 3.05) is 0 Å². The van der Waals surface area contributed by atoms with Crippen LogP contribution in [-0.4, -0.2) is 11.1 Å². The van der Waals surface area contributed by atoms with Crippen LogP contribution in [0.2, 0.25) is 0 Å². The van der Waals surface area contributed by atoms with Crippen LogP contribution in [0.15, 0.2) is 18.2 Å². The number of rotatable bonds is 13. The molecule has 0 amide bonds. The lowest BCUT2D eigenvalue weighted by molar-refractivity contribution is -0.147. The van der Waals surface area contributed by atoms with Crippen molar-refractivity contribution in [1.29, 1.82) is 0 Å². The Morgan fingerprint density at radius 3 is 1.93 bits per heavy atom. The van der Waals surface area contributed by atoms with Gasteiger partial charge in [0.25, 0.3) is 0 Å². The van der Waals surface area contributed by atoms with Gasteiger partial charge in [-0.3, -0.25) is 4.79 Å². The summed E-state index contributed by atoms with van der Waals surface area (Å²) in [5.41, 5.74) is 4.24. The maximum atomic E-state index is 11.2. The number of hydrogen-bond donors (Lipinski definition) is 1. The highest BCUT2D eigenvalue weighted by molar-refractivity contribution is 5.73. The molecule has 0 spiro atoms. The first-order chi connectivity index (χ1) is 13.0. The Labute approximate surface area is 174 Å². The number of aliphatic carboxylic acids is 1. The Morgan fingerprint density at radius 2 is 1.32 bits per heavy atom. The third-order valence-electron chi connectivity index (χ3n) is 5.81. The number of carbonyl (C=O) groups is 1. The maximum absolute atomic E-state index is 11.2. The zero-order valence-corrected chi connectivity index (χ0v) is 19.4. The Balaban J connectivity index is 2.37. The van der Waals surface area contributed by atoms with Crippen molar-refractivity contribution >= 4 is 5.97 Å². The van der Waals surface area contributed by atoms with Gasteiger partial charge in [-0.05, 0) is 75.8 Å². The van der Waals surface area contributed by atoms with Crippen LogP contribution >= 0.6 is 0 Å². The molecule has 1 aromatic carbocycles. The molecule has 160 valence electrons. The minimum atomic E-state index is -0.684.